The fraction of sp³-hybridized carbons (Fsp3) is 0.0714. The quantitative estimate of drug-likeness (QED) is 0.754. The highest BCUT2D eigenvalue weighted by Crippen LogP contribution is 2.13. The van der Waals surface area contributed by atoms with E-state index >= 15 is 0 Å². The maximum atomic E-state index is 11.2. The average molecular weight is 259 g/mol. The number of hydrogen-bond acceptors (Lipinski definition) is 1. The summed E-state index contributed by atoms with van der Waals surface area (Å²) in [6.07, 6.45) is 4.54. The first kappa shape index (κ1) is 11.1. The van der Waals surface area contributed by atoms with Crippen molar-refractivity contribution in [2.24, 2.45) is 0 Å². The highest BCUT2D eigenvalue weighted by atomic mass is 35.5. The third-order valence-electron chi connectivity index (χ3n) is 2.85. The minimum Gasteiger partial charge on any atom is -0.343 e. The molecule has 0 saturated carbocycles. The van der Waals surface area contributed by atoms with E-state index in [9.17, 15) is 4.79 Å². The Hall–Kier alpha value is -2.00. The second-order valence-corrected chi connectivity index (χ2v) is 4.67. The molecule has 0 spiro atoms. The number of fused-ring (bicyclic) bond motifs is 1. The predicted molar refractivity (Wildman–Crippen MR) is 72.3 cm³/mol. The molecule has 0 fully saturated rings. The van der Waals surface area contributed by atoms with Crippen molar-refractivity contribution in [3.8, 4) is 0 Å². The topological polar surface area (TPSA) is 37.3 Å². The van der Waals surface area contributed by atoms with Gasteiger partial charge in [0.25, 0.3) is 0 Å². The van der Waals surface area contributed by atoms with Crippen LogP contribution in [0.3, 0.4) is 0 Å². The van der Waals surface area contributed by atoms with E-state index in [1.165, 1.54) is 5.56 Å². The summed E-state index contributed by atoms with van der Waals surface area (Å²) >= 11 is 5.85. The number of H-pyrrole nitrogens is 1. The van der Waals surface area contributed by atoms with Gasteiger partial charge in [0.15, 0.2) is 5.43 Å². The predicted octanol–water partition coefficient (Wildman–Crippen LogP) is 2.87. The number of aromatic amines is 1. The molecule has 0 aliphatic rings. The van der Waals surface area contributed by atoms with Crippen LogP contribution in [-0.4, -0.2) is 9.38 Å². The van der Waals surface area contributed by atoms with Crippen LogP contribution in [0.4, 0.5) is 0 Å². The summed E-state index contributed by atoms with van der Waals surface area (Å²) in [5.74, 6) is 0. The summed E-state index contributed by atoms with van der Waals surface area (Å²) in [6, 6.07) is 10.9. The molecule has 18 heavy (non-hydrogen) atoms. The van der Waals surface area contributed by atoms with Crippen molar-refractivity contribution >= 4 is 17.2 Å². The van der Waals surface area contributed by atoms with Gasteiger partial charge >= 0.3 is 0 Å². The number of hydrogen-bond donors (Lipinski definition) is 1. The van der Waals surface area contributed by atoms with Crippen LogP contribution in [0.25, 0.3) is 5.65 Å². The molecule has 0 saturated heterocycles. The fourth-order valence-electron chi connectivity index (χ4n) is 1.98. The number of rotatable bonds is 2. The Morgan fingerprint density at radius 1 is 1.17 bits per heavy atom. The summed E-state index contributed by atoms with van der Waals surface area (Å²) in [7, 11) is 0. The summed E-state index contributed by atoms with van der Waals surface area (Å²) in [5, 5.41) is 0.737. The molecule has 0 radical (unpaired) electrons. The van der Waals surface area contributed by atoms with E-state index < -0.39 is 0 Å². The molecule has 2 aromatic heterocycles. The molecule has 2 heterocycles. The number of aromatic nitrogens is 2. The number of halogens is 1. The third-order valence-corrected chi connectivity index (χ3v) is 3.10. The van der Waals surface area contributed by atoms with Crippen LogP contribution >= 0.6 is 11.6 Å². The standard InChI is InChI=1S/C14H11ClN2O/c15-11-3-1-10(2-4-11)7-12-9-17-6-5-13(18)8-14(17)16-12/h1-6,8-9,16H,7H2. The van der Waals surface area contributed by atoms with Gasteiger partial charge in [-0.15, -0.1) is 0 Å². The lowest BCUT2D eigenvalue weighted by molar-refractivity contribution is 1.11. The first-order chi connectivity index (χ1) is 8.70. The summed E-state index contributed by atoms with van der Waals surface area (Å²) in [5.41, 5.74) is 3.05. The van der Waals surface area contributed by atoms with Crippen molar-refractivity contribution in [2.75, 3.05) is 0 Å². The number of nitrogens with one attached hydrogen (secondary N) is 1. The van der Waals surface area contributed by atoms with E-state index in [1.807, 2.05) is 34.9 Å². The van der Waals surface area contributed by atoms with Crippen molar-refractivity contribution < 1.29 is 0 Å². The first-order valence-corrected chi connectivity index (χ1v) is 6.03. The maximum Gasteiger partial charge on any atom is 0.183 e. The zero-order chi connectivity index (χ0) is 12.5. The average Bonchev–Trinajstić information content (AvgIpc) is 2.73. The summed E-state index contributed by atoms with van der Waals surface area (Å²) in [4.78, 5) is 14.5. The zero-order valence-electron chi connectivity index (χ0n) is 9.56. The Morgan fingerprint density at radius 3 is 2.72 bits per heavy atom. The van der Waals surface area contributed by atoms with E-state index in [0.717, 1.165) is 22.8 Å². The Bertz CT molecular complexity index is 740. The molecule has 0 aliphatic carbocycles. The normalized spacial score (nSPS) is 10.9. The molecule has 3 nitrogen and oxygen atoms in total. The van der Waals surface area contributed by atoms with E-state index in [1.54, 1.807) is 18.3 Å². The van der Waals surface area contributed by atoms with E-state index in [2.05, 4.69) is 4.98 Å². The molecule has 0 unspecified atom stereocenters. The highest BCUT2D eigenvalue weighted by Gasteiger charge is 2.01. The van der Waals surface area contributed by atoms with Gasteiger partial charge in [0.2, 0.25) is 0 Å². The van der Waals surface area contributed by atoms with Crippen molar-refractivity contribution in [2.45, 2.75) is 6.42 Å². The molecule has 3 rings (SSSR count). The Labute approximate surface area is 109 Å². The summed E-state index contributed by atoms with van der Waals surface area (Å²) in [6.45, 7) is 0. The molecule has 1 aromatic carbocycles. The number of benzene rings is 1. The van der Waals surface area contributed by atoms with Crippen LogP contribution in [0.1, 0.15) is 11.3 Å². The van der Waals surface area contributed by atoms with Gasteiger partial charge < -0.3 is 9.38 Å². The van der Waals surface area contributed by atoms with Gasteiger partial charge in [-0.05, 0) is 17.7 Å². The number of pyridine rings is 1. The second-order valence-electron chi connectivity index (χ2n) is 4.24. The molecular weight excluding hydrogens is 248 g/mol. The second kappa shape index (κ2) is 4.35. The number of imidazole rings is 1. The van der Waals surface area contributed by atoms with Gasteiger partial charge in [-0.25, -0.2) is 0 Å². The van der Waals surface area contributed by atoms with Gasteiger partial charge in [0, 0.05) is 41.7 Å². The van der Waals surface area contributed by atoms with Crippen molar-refractivity contribution in [1.82, 2.24) is 9.38 Å². The van der Waals surface area contributed by atoms with Gasteiger partial charge in [0.1, 0.15) is 5.65 Å². The smallest absolute Gasteiger partial charge is 0.183 e. The molecule has 4 heteroatoms. The molecule has 1 N–H and O–H groups in total. The minimum atomic E-state index is 0.00916. The van der Waals surface area contributed by atoms with E-state index in [0.29, 0.717) is 0 Å². The molecule has 3 aromatic rings. The molecular formula is C14H11ClN2O. The van der Waals surface area contributed by atoms with Crippen LogP contribution in [0.15, 0.2) is 53.6 Å². The van der Waals surface area contributed by atoms with Crippen molar-refractivity contribution in [1.29, 1.82) is 0 Å². The maximum absolute atomic E-state index is 11.2. The highest BCUT2D eigenvalue weighted by molar-refractivity contribution is 6.30. The van der Waals surface area contributed by atoms with Gasteiger partial charge in [0.05, 0.1) is 0 Å². The molecule has 90 valence electrons. The van der Waals surface area contributed by atoms with Gasteiger partial charge in [-0.3, -0.25) is 4.79 Å². The van der Waals surface area contributed by atoms with Crippen LogP contribution in [0.2, 0.25) is 5.02 Å². The first-order valence-electron chi connectivity index (χ1n) is 5.65. The monoisotopic (exact) mass is 258 g/mol. The zero-order valence-corrected chi connectivity index (χ0v) is 10.3. The SMILES string of the molecule is O=c1ccn2cc(Cc3ccc(Cl)cc3)[nH]c2c1. The number of nitrogens with zero attached hydrogens (tertiary/aromatic N) is 1. The van der Waals surface area contributed by atoms with Crippen LogP contribution in [0, 0.1) is 0 Å². The third kappa shape index (κ3) is 2.17. The van der Waals surface area contributed by atoms with Crippen molar-refractivity contribution in [3.05, 3.63) is 75.3 Å². The van der Waals surface area contributed by atoms with Crippen molar-refractivity contribution in [3.63, 3.8) is 0 Å². The minimum absolute atomic E-state index is 0.00916. The van der Waals surface area contributed by atoms with Crippen LogP contribution in [0.5, 0.6) is 0 Å². The van der Waals surface area contributed by atoms with Gasteiger partial charge in [-0.2, -0.15) is 0 Å². The van der Waals surface area contributed by atoms with E-state index in [4.69, 9.17) is 11.6 Å². The van der Waals surface area contributed by atoms with Crippen LogP contribution in [-0.2, 0) is 6.42 Å². The lowest BCUT2D eigenvalue weighted by atomic mass is 10.1. The van der Waals surface area contributed by atoms with E-state index in [-0.39, 0.29) is 5.43 Å². The Balaban J connectivity index is 1.95. The van der Waals surface area contributed by atoms with Crippen LogP contribution < -0.4 is 5.43 Å². The lowest BCUT2D eigenvalue weighted by Crippen LogP contribution is -1.97. The van der Waals surface area contributed by atoms with Gasteiger partial charge in [-0.1, -0.05) is 23.7 Å². The molecule has 0 aliphatic heterocycles. The molecule has 0 atom stereocenters. The molecule has 0 amide bonds. The lowest BCUT2D eigenvalue weighted by Gasteiger charge is -1.98. The largest absolute Gasteiger partial charge is 0.343 e. The fourth-order valence-corrected chi connectivity index (χ4v) is 2.11. The molecule has 0 bridgehead atoms. The Kier molecular flexibility index (Phi) is 2.68. The Morgan fingerprint density at radius 2 is 1.94 bits per heavy atom. The summed E-state index contributed by atoms with van der Waals surface area (Å²) < 4.78 is 1.91.